The van der Waals surface area contributed by atoms with Gasteiger partial charge in [0.05, 0.1) is 6.54 Å². The minimum absolute atomic E-state index is 0.0177. The van der Waals surface area contributed by atoms with Crippen molar-refractivity contribution in [2.24, 2.45) is 0 Å². The number of rotatable bonds is 4. The Morgan fingerprint density at radius 3 is 2.89 bits per heavy atom. The van der Waals surface area contributed by atoms with Gasteiger partial charge in [0.1, 0.15) is 31.2 Å². The van der Waals surface area contributed by atoms with Gasteiger partial charge in [-0.25, -0.2) is 22.5 Å². The van der Waals surface area contributed by atoms with Crippen molar-refractivity contribution in [1.29, 1.82) is 0 Å². The van der Waals surface area contributed by atoms with Crippen LogP contribution in [0.1, 0.15) is 12.5 Å². The SMILES string of the molecule is C[C@H](NC(=O)CN1Cc2cc(F)ccc2OC1=O)C1=[N+](C)CC(F)=CC1F. The van der Waals surface area contributed by atoms with Crippen molar-refractivity contribution in [1.82, 2.24) is 10.2 Å². The average Bonchev–Trinajstić information content (AvgIpc) is 2.54. The van der Waals surface area contributed by atoms with E-state index in [0.717, 1.165) is 11.0 Å². The molecule has 2 atom stereocenters. The van der Waals surface area contributed by atoms with E-state index in [2.05, 4.69) is 5.32 Å². The fourth-order valence-electron chi connectivity index (χ4n) is 3.25. The molecular formula is C18H19F3N3O3+. The molecule has 0 aliphatic carbocycles. The van der Waals surface area contributed by atoms with Crippen molar-refractivity contribution < 1.29 is 32.1 Å². The quantitative estimate of drug-likeness (QED) is 0.810. The van der Waals surface area contributed by atoms with Crippen LogP contribution in [0.25, 0.3) is 0 Å². The van der Waals surface area contributed by atoms with Crippen LogP contribution >= 0.6 is 0 Å². The third-order valence-corrected chi connectivity index (χ3v) is 4.43. The summed E-state index contributed by atoms with van der Waals surface area (Å²) in [6.07, 6.45) is -1.51. The first-order chi connectivity index (χ1) is 12.7. The van der Waals surface area contributed by atoms with Crippen LogP contribution in [0.5, 0.6) is 5.75 Å². The summed E-state index contributed by atoms with van der Waals surface area (Å²) in [6, 6.07) is 3.06. The Balaban J connectivity index is 1.64. The molecule has 3 rings (SSSR count). The molecule has 1 aromatic carbocycles. The smallest absolute Gasteiger partial charge is 0.410 e. The number of nitrogens with zero attached hydrogens (tertiary/aromatic N) is 2. The van der Waals surface area contributed by atoms with Crippen LogP contribution < -0.4 is 10.1 Å². The first-order valence-electron chi connectivity index (χ1n) is 8.37. The molecule has 0 spiro atoms. The second-order valence-corrected chi connectivity index (χ2v) is 6.56. The number of halogens is 3. The number of carbonyl (C=O) groups excluding carboxylic acids is 2. The van der Waals surface area contributed by atoms with Gasteiger partial charge < -0.3 is 10.1 Å². The predicted octanol–water partition coefficient (Wildman–Crippen LogP) is 1.93. The van der Waals surface area contributed by atoms with Crippen molar-refractivity contribution in [3.63, 3.8) is 0 Å². The third-order valence-electron chi connectivity index (χ3n) is 4.43. The first kappa shape index (κ1) is 18.9. The second-order valence-electron chi connectivity index (χ2n) is 6.56. The molecule has 2 aliphatic heterocycles. The van der Waals surface area contributed by atoms with E-state index in [4.69, 9.17) is 4.74 Å². The second kappa shape index (κ2) is 7.42. The summed E-state index contributed by atoms with van der Waals surface area (Å²) < 4.78 is 47.2. The van der Waals surface area contributed by atoms with Gasteiger partial charge in [0.25, 0.3) is 0 Å². The number of allylic oxidation sites excluding steroid dienone is 1. The van der Waals surface area contributed by atoms with Crippen molar-refractivity contribution in [3.8, 4) is 5.75 Å². The maximum Gasteiger partial charge on any atom is 0.416 e. The zero-order valence-corrected chi connectivity index (χ0v) is 14.8. The number of likely N-dealkylation sites (N-methyl/N-ethyl adjacent to an activating group) is 1. The molecular weight excluding hydrogens is 363 g/mol. The number of alkyl halides is 1. The lowest BCUT2D eigenvalue weighted by molar-refractivity contribution is -0.496. The Morgan fingerprint density at radius 2 is 2.19 bits per heavy atom. The van der Waals surface area contributed by atoms with Crippen molar-refractivity contribution in [2.75, 3.05) is 20.1 Å². The number of nitrogens with one attached hydrogen (secondary N) is 1. The topological polar surface area (TPSA) is 61.7 Å². The lowest BCUT2D eigenvalue weighted by Crippen LogP contribution is -2.51. The van der Waals surface area contributed by atoms with Gasteiger partial charge in [-0.3, -0.25) is 9.69 Å². The molecule has 0 saturated heterocycles. The summed E-state index contributed by atoms with van der Waals surface area (Å²) in [7, 11) is 1.53. The lowest BCUT2D eigenvalue weighted by Gasteiger charge is -2.28. The maximum atomic E-state index is 14.1. The number of fused-ring (bicyclic) bond motifs is 1. The Labute approximate surface area is 153 Å². The molecule has 0 saturated carbocycles. The highest BCUT2D eigenvalue weighted by Crippen LogP contribution is 2.26. The van der Waals surface area contributed by atoms with Gasteiger partial charge in [-0.15, -0.1) is 0 Å². The normalized spacial score (nSPS) is 20.6. The molecule has 0 aromatic heterocycles. The van der Waals surface area contributed by atoms with E-state index in [1.165, 1.54) is 29.8 Å². The number of hydrogen-bond donors (Lipinski definition) is 1. The zero-order valence-electron chi connectivity index (χ0n) is 14.8. The van der Waals surface area contributed by atoms with Crippen molar-refractivity contribution in [2.45, 2.75) is 25.7 Å². The first-order valence-corrected chi connectivity index (χ1v) is 8.37. The van der Waals surface area contributed by atoms with Gasteiger partial charge >= 0.3 is 6.09 Å². The largest absolute Gasteiger partial charge is 0.416 e. The average molecular weight is 382 g/mol. The summed E-state index contributed by atoms with van der Waals surface area (Å²) in [4.78, 5) is 25.4. The number of ether oxygens (including phenoxy) is 1. The van der Waals surface area contributed by atoms with Crippen LogP contribution in [0.15, 0.2) is 30.1 Å². The Bertz CT molecular complexity index is 853. The van der Waals surface area contributed by atoms with E-state index >= 15 is 0 Å². The molecule has 0 radical (unpaired) electrons. The molecule has 2 heterocycles. The van der Waals surface area contributed by atoms with E-state index in [1.54, 1.807) is 6.92 Å². The highest BCUT2D eigenvalue weighted by molar-refractivity contribution is 5.95. The Hall–Kier alpha value is -2.84. The summed E-state index contributed by atoms with van der Waals surface area (Å²) >= 11 is 0. The van der Waals surface area contributed by atoms with Crippen LogP contribution in [0.4, 0.5) is 18.0 Å². The van der Waals surface area contributed by atoms with E-state index in [9.17, 15) is 22.8 Å². The fourth-order valence-corrected chi connectivity index (χ4v) is 3.25. The van der Waals surface area contributed by atoms with Gasteiger partial charge in [-0.1, -0.05) is 0 Å². The monoisotopic (exact) mass is 382 g/mol. The summed E-state index contributed by atoms with van der Waals surface area (Å²) in [5, 5.41) is 2.60. The number of hydrogen-bond acceptors (Lipinski definition) is 3. The molecule has 9 heteroatoms. The molecule has 2 amide bonds. The maximum absolute atomic E-state index is 14.1. The minimum atomic E-state index is -1.64. The van der Waals surface area contributed by atoms with E-state index < -0.39 is 35.9 Å². The highest BCUT2D eigenvalue weighted by Gasteiger charge is 2.34. The fraction of sp³-hybridized carbons (Fsp3) is 0.389. The predicted molar refractivity (Wildman–Crippen MR) is 90.6 cm³/mol. The van der Waals surface area contributed by atoms with Gasteiger partial charge in [-0.2, -0.15) is 0 Å². The molecule has 1 aromatic rings. The Kier molecular flexibility index (Phi) is 5.20. The van der Waals surface area contributed by atoms with E-state index in [0.29, 0.717) is 5.56 Å². The zero-order chi connectivity index (χ0) is 19.7. The minimum Gasteiger partial charge on any atom is -0.410 e. The molecule has 144 valence electrons. The summed E-state index contributed by atoms with van der Waals surface area (Å²) in [5.74, 6) is -1.34. The van der Waals surface area contributed by atoms with Crippen LogP contribution in [-0.2, 0) is 11.3 Å². The highest BCUT2D eigenvalue weighted by atomic mass is 19.1. The summed E-state index contributed by atoms with van der Waals surface area (Å²) in [6.45, 7) is 1.19. The van der Waals surface area contributed by atoms with Crippen LogP contribution in [0, 0.1) is 5.82 Å². The van der Waals surface area contributed by atoms with Gasteiger partial charge in [0.2, 0.25) is 17.8 Å². The van der Waals surface area contributed by atoms with Gasteiger partial charge in [0, 0.05) is 5.56 Å². The van der Waals surface area contributed by atoms with Crippen molar-refractivity contribution >= 4 is 17.7 Å². The van der Waals surface area contributed by atoms with E-state index in [-0.39, 0.29) is 31.1 Å². The van der Waals surface area contributed by atoms with Crippen LogP contribution in [-0.4, -0.2) is 59.5 Å². The van der Waals surface area contributed by atoms with Crippen LogP contribution in [0.2, 0.25) is 0 Å². The number of benzene rings is 1. The standard InChI is InChI=1S/C18H18F3N3O3/c1-10(17-14(21)6-13(20)8-23(17)2)22-16(25)9-24-7-11-5-12(19)3-4-15(11)27-18(24)26/h3-6,10,14H,7-9H2,1-2H3/p+1/t10-,14?/m0/s1. The lowest BCUT2D eigenvalue weighted by atomic mass is 10.0. The van der Waals surface area contributed by atoms with Gasteiger partial charge in [-0.05, 0) is 31.2 Å². The molecule has 0 bridgehead atoms. The Morgan fingerprint density at radius 1 is 1.44 bits per heavy atom. The van der Waals surface area contributed by atoms with Crippen molar-refractivity contribution in [3.05, 3.63) is 41.5 Å². The molecule has 1 unspecified atom stereocenters. The third kappa shape index (κ3) is 4.12. The molecule has 6 nitrogen and oxygen atoms in total. The summed E-state index contributed by atoms with van der Waals surface area (Å²) in [5.41, 5.74) is 0.666. The van der Waals surface area contributed by atoms with Crippen LogP contribution in [0.3, 0.4) is 0 Å². The molecule has 27 heavy (non-hydrogen) atoms. The number of amides is 2. The molecule has 1 N–H and O–H groups in total. The van der Waals surface area contributed by atoms with Gasteiger partial charge in [0.15, 0.2) is 12.4 Å². The van der Waals surface area contributed by atoms with E-state index in [1.807, 2.05) is 0 Å². The number of carbonyl (C=O) groups is 2. The molecule has 2 aliphatic rings. The molecule has 0 fully saturated rings.